The van der Waals surface area contributed by atoms with Crippen LogP contribution in [0.1, 0.15) is 56.2 Å². The Morgan fingerprint density at radius 2 is 1.48 bits per heavy atom. The highest BCUT2D eigenvalue weighted by atomic mass is 15.1. The van der Waals surface area contributed by atoms with Crippen LogP contribution < -0.4 is 5.32 Å². The van der Waals surface area contributed by atoms with E-state index in [9.17, 15) is 0 Å². The van der Waals surface area contributed by atoms with Gasteiger partial charge in [0.05, 0.1) is 6.54 Å². The predicted molar refractivity (Wildman–Crippen MR) is 127 cm³/mol. The van der Waals surface area contributed by atoms with E-state index in [0.717, 1.165) is 26.1 Å². The Labute approximate surface area is 178 Å². The van der Waals surface area contributed by atoms with Crippen molar-refractivity contribution in [2.75, 3.05) is 26.2 Å². The van der Waals surface area contributed by atoms with Crippen LogP contribution in [0.2, 0.25) is 0 Å². The molecule has 0 aliphatic heterocycles. The number of nitrogens with zero attached hydrogens (tertiary/aromatic N) is 2. The molecule has 3 nitrogen and oxygen atoms in total. The molecule has 0 saturated carbocycles. The maximum atomic E-state index is 4.56. The third-order valence-corrected chi connectivity index (χ3v) is 5.08. The average Bonchev–Trinajstić information content (AvgIpc) is 2.75. The van der Waals surface area contributed by atoms with E-state index in [-0.39, 0.29) is 0 Å². The van der Waals surface area contributed by atoms with Gasteiger partial charge in [-0.2, -0.15) is 0 Å². The SMILES string of the molecule is CCCN(CCC)CCCCNCc1ccc(CN=CCc2ccccc2)cc1. The Morgan fingerprint density at radius 3 is 2.17 bits per heavy atom. The van der Waals surface area contributed by atoms with Crippen molar-refractivity contribution in [3.63, 3.8) is 0 Å². The molecule has 0 bridgehead atoms. The number of benzene rings is 2. The molecule has 2 rings (SSSR count). The molecule has 3 heteroatoms. The van der Waals surface area contributed by atoms with Gasteiger partial charge in [0.1, 0.15) is 0 Å². The first-order valence-electron chi connectivity index (χ1n) is 11.3. The van der Waals surface area contributed by atoms with E-state index >= 15 is 0 Å². The van der Waals surface area contributed by atoms with E-state index < -0.39 is 0 Å². The number of rotatable bonds is 15. The lowest BCUT2D eigenvalue weighted by Crippen LogP contribution is -2.27. The van der Waals surface area contributed by atoms with Crippen LogP contribution in [0.3, 0.4) is 0 Å². The molecule has 0 heterocycles. The van der Waals surface area contributed by atoms with Gasteiger partial charge in [0.25, 0.3) is 0 Å². The van der Waals surface area contributed by atoms with Gasteiger partial charge in [0, 0.05) is 19.2 Å². The minimum Gasteiger partial charge on any atom is -0.313 e. The van der Waals surface area contributed by atoms with Crippen molar-refractivity contribution in [2.45, 2.75) is 59.0 Å². The maximum absolute atomic E-state index is 4.56. The lowest BCUT2D eigenvalue weighted by molar-refractivity contribution is 0.268. The Morgan fingerprint density at radius 1 is 0.793 bits per heavy atom. The van der Waals surface area contributed by atoms with Crippen molar-refractivity contribution in [3.8, 4) is 0 Å². The van der Waals surface area contributed by atoms with Crippen molar-refractivity contribution in [2.24, 2.45) is 4.99 Å². The van der Waals surface area contributed by atoms with Gasteiger partial charge in [-0.05, 0) is 68.6 Å². The fourth-order valence-corrected chi connectivity index (χ4v) is 3.50. The van der Waals surface area contributed by atoms with E-state index in [1.807, 2.05) is 12.3 Å². The van der Waals surface area contributed by atoms with Crippen molar-refractivity contribution >= 4 is 6.21 Å². The van der Waals surface area contributed by atoms with Crippen molar-refractivity contribution in [1.29, 1.82) is 0 Å². The quantitative estimate of drug-likeness (QED) is 0.320. The highest BCUT2D eigenvalue weighted by molar-refractivity contribution is 5.61. The first kappa shape index (κ1) is 23.3. The lowest BCUT2D eigenvalue weighted by atomic mass is 10.1. The third-order valence-electron chi connectivity index (χ3n) is 5.08. The standard InChI is InChI=1S/C26H39N3/c1-3-19-29(20-4-2)21-9-8-17-27-22-25-12-14-26(15-13-25)23-28-18-16-24-10-6-5-7-11-24/h5-7,10-15,18,27H,3-4,8-9,16-17,19-23H2,1-2H3. The largest absolute Gasteiger partial charge is 0.313 e. The Balaban J connectivity index is 1.57. The zero-order valence-electron chi connectivity index (χ0n) is 18.4. The molecule has 158 valence electrons. The predicted octanol–water partition coefficient (Wildman–Crippen LogP) is 5.49. The van der Waals surface area contributed by atoms with Gasteiger partial charge < -0.3 is 10.2 Å². The molecule has 0 unspecified atom stereocenters. The third kappa shape index (κ3) is 10.4. The van der Waals surface area contributed by atoms with Gasteiger partial charge in [-0.3, -0.25) is 4.99 Å². The molecule has 2 aromatic carbocycles. The molecule has 0 fully saturated rings. The molecule has 0 aromatic heterocycles. The van der Waals surface area contributed by atoms with Crippen LogP contribution in [0, 0.1) is 0 Å². The summed E-state index contributed by atoms with van der Waals surface area (Å²) in [5.74, 6) is 0. The molecule has 0 aliphatic carbocycles. The van der Waals surface area contributed by atoms with Crippen molar-refractivity contribution in [3.05, 3.63) is 71.3 Å². The summed E-state index contributed by atoms with van der Waals surface area (Å²) in [6, 6.07) is 19.3. The van der Waals surface area contributed by atoms with E-state index in [1.165, 1.54) is 62.0 Å². The van der Waals surface area contributed by atoms with Gasteiger partial charge >= 0.3 is 0 Å². The zero-order chi connectivity index (χ0) is 20.6. The second-order valence-electron chi connectivity index (χ2n) is 7.76. The number of hydrogen-bond donors (Lipinski definition) is 1. The second-order valence-corrected chi connectivity index (χ2v) is 7.76. The van der Waals surface area contributed by atoms with Crippen LogP contribution in [-0.4, -0.2) is 37.3 Å². The monoisotopic (exact) mass is 393 g/mol. The molecular formula is C26H39N3. The zero-order valence-corrected chi connectivity index (χ0v) is 18.4. The van der Waals surface area contributed by atoms with Gasteiger partial charge in [-0.1, -0.05) is 68.4 Å². The minimum absolute atomic E-state index is 0.757. The molecule has 0 amide bonds. The fraction of sp³-hybridized carbons (Fsp3) is 0.500. The van der Waals surface area contributed by atoms with E-state index in [1.54, 1.807) is 0 Å². The molecule has 0 spiro atoms. The summed E-state index contributed by atoms with van der Waals surface area (Å²) >= 11 is 0. The number of hydrogen-bond acceptors (Lipinski definition) is 3. The van der Waals surface area contributed by atoms with Crippen molar-refractivity contribution < 1.29 is 0 Å². The number of unbranched alkanes of at least 4 members (excludes halogenated alkanes) is 1. The lowest BCUT2D eigenvalue weighted by Gasteiger charge is -2.20. The average molecular weight is 394 g/mol. The molecule has 29 heavy (non-hydrogen) atoms. The second kappa shape index (κ2) is 14.9. The van der Waals surface area contributed by atoms with Crippen LogP contribution in [0.5, 0.6) is 0 Å². The van der Waals surface area contributed by atoms with Crippen LogP contribution in [0.25, 0.3) is 0 Å². The van der Waals surface area contributed by atoms with Gasteiger partial charge in [0.15, 0.2) is 0 Å². The maximum Gasteiger partial charge on any atom is 0.0635 e. The van der Waals surface area contributed by atoms with Crippen LogP contribution >= 0.6 is 0 Å². The molecule has 0 saturated heterocycles. The molecule has 0 atom stereocenters. The summed E-state index contributed by atoms with van der Waals surface area (Å²) < 4.78 is 0. The van der Waals surface area contributed by atoms with Gasteiger partial charge in [-0.15, -0.1) is 0 Å². The smallest absolute Gasteiger partial charge is 0.0635 e. The Hall–Kier alpha value is -1.97. The Kier molecular flexibility index (Phi) is 12.0. The summed E-state index contributed by atoms with van der Waals surface area (Å²) in [6.45, 7) is 11.1. The Bertz CT molecular complexity index is 658. The number of aliphatic imine (C=N–C) groups is 1. The van der Waals surface area contributed by atoms with E-state index in [2.05, 4.69) is 77.6 Å². The van der Waals surface area contributed by atoms with Crippen LogP contribution in [0.4, 0.5) is 0 Å². The summed E-state index contributed by atoms with van der Waals surface area (Å²) in [4.78, 5) is 7.16. The molecule has 2 aromatic rings. The summed E-state index contributed by atoms with van der Waals surface area (Å²) in [7, 11) is 0. The number of nitrogens with one attached hydrogen (secondary N) is 1. The fourth-order valence-electron chi connectivity index (χ4n) is 3.50. The van der Waals surface area contributed by atoms with Gasteiger partial charge in [0.2, 0.25) is 0 Å². The van der Waals surface area contributed by atoms with Crippen LogP contribution in [-0.2, 0) is 19.5 Å². The van der Waals surface area contributed by atoms with Crippen LogP contribution in [0.15, 0.2) is 59.6 Å². The summed E-state index contributed by atoms with van der Waals surface area (Å²) in [6.07, 6.45) is 7.97. The topological polar surface area (TPSA) is 27.6 Å². The first-order chi connectivity index (χ1) is 14.3. The molecular weight excluding hydrogens is 354 g/mol. The first-order valence-corrected chi connectivity index (χ1v) is 11.3. The summed E-state index contributed by atoms with van der Waals surface area (Å²) in [5, 5.41) is 3.58. The molecule has 0 radical (unpaired) electrons. The highest BCUT2D eigenvalue weighted by Crippen LogP contribution is 2.06. The highest BCUT2D eigenvalue weighted by Gasteiger charge is 2.01. The minimum atomic E-state index is 0.757. The van der Waals surface area contributed by atoms with Gasteiger partial charge in [-0.25, -0.2) is 0 Å². The normalized spacial score (nSPS) is 11.6. The summed E-state index contributed by atoms with van der Waals surface area (Å²) in [5.41, 5.74) is 3.92. The van der Waals surface area contributed by atoms with Crippen molar-refractivity contribution in [1.82, 2.24) is 10.2 Å². The van der Waals surface area contributed by atoms with E-state index in [0.29, 0.717) is 0 Å². The molecule has 0 aliphatic rings. The van der Waals surface area contributed by atoms with E-state index in [4.69, 9.17) is 0 Å². The molecule has 1 N–H and O–H groups in total.